The summed E-state index contributed by atoms with van der Waals surface area (Å²) in [6.45, 7) is 16.7. The maximum Gasteiger partial charge on any atom is 0.410 e. The quantitative estimate of drug-likeness (QED) is 0.127. The third kappa shape index (κ3) is 11.1. The number of benzene rings is 3. The van der Waals surface area contributed by atoms with Gasteiger partial charge in [-0.05, 0) is 111 Å². The molecule has 0 bridgehead atoms. The van der Waals surface area contributed by atoms with Crippen molar-refractivity contribution >= 4 is 72.9 Å². The molecule has 20 nitrogen and oxygen atoms in total. The van der Waals surface area contributed by atoms with E-state index < -0.39 is 23.3 Å². The molecule has 1 N–H and O–H groups in total. The van der Waals surface area contributed by atoms with Gasteiger partial charge in [-0.1, -0.05) is 65.1 Å². The van der Waals surface area contributed by atoms with Crippen LogP contribution in [-0.4, -0.2) is 117 Å². The van der Waals surface area contributed by atoms with Crippen LogP contribution in [0.4, 0.5) is 9.59 Å². The molecule has 2 aliphatic heterocycles. The number of nitrogens with one attached hydrogen (secondary N) is 1. The average Bonchev–Trinajstić information content (AvgIpc) is 4.20. The highest BCUT2D eigenvalue weighted by atomic mass is 32.1. The Kier molecular flexibility index (Phi) is 13.8. The van der Waals surface area contributed by atoms with Crippen molar-refractivity contribution in [2.75, 3.05) is 26.3 Å². The number of likely N-dealkylation sites (tertiary alicyclic amines) is 2. The van der Waals surface area contributed by atoms with Gasteiger partial charge in [0, 0.05) is 13.1 Å². The maximum absolute atomic E-state index is 13.9. The van der Waals surface area contributed by atoms with Gasteiger partial charge < -0.3 is 42.9 Å². The van der Waals surface area contributed by atoms with Crippen LogP contribution in [0.25, 0.3) is 55.3 Å². The minimum absolute atomic E-state index is 0.0410. The Morgan fingerprint density at radius 1 is 0.662 bits per heavy atom. The lowest BCUT2D eigenvalue weighted by atomic mass is 10.1. The molecule has 0 spiro atoms. The highest BCUT2D eigenvalue weighted by Crippen LogP contribution is 2.34. The zero-order valence-electron chi connectivity index (χ0n) is 42.4. The molecular formula is C52H57N11O9S2. The Hall–Kier alpha value is -7.59. The van der Waals surface area contributed by atoms with Crippen LogP contribution >= 0.6 is 22.7 Å². The maximum atomic E-state index is 13.9. The zero-order chi connectivity index (χ0) is 51.9. The van der Waals surface area contributed by atoms with E-state index in [2.05, 4.69) is 35.5 Å². The molecule has 0 saturated carbocycles. The fourth-order valence-electron chi connectivity index (χ4n) is 8.87. The van der Waals surface area contributed by atoms with Crippen LogP contribution in [0.5, 0.6) is 11.5 Å². The molecular weight excluding hydrogens is 987 g/mol. The zero-order valence-corrected chi connectivity index (χ0v) is 44.0. The molecule has 2 saturated heterocycles. The SMILES string of the molecule is Cc1nn2cc(-c3nc4c(OC[C@H]5CCCN5C(=O)OC(C)(C)C)cccc4o3)nc2s1.Cc1nn2cc(-c3nc4c(OC[C@H]5CCCN5C(=O)[C@H](NC(=O)OC(C)(C)C)c5ccccc5)cccc4o3)nc2s1. The molecule has 3 aromatic carbocycles. The van der Waals surface area contributed by atoms with E-state index in [1.54, 1.807) is 52.0 Å². The number of oxazole rings is 2. The second kappa shape index (κ2) is 20.4. The first-order valence-corrected chi connectivity index (χ1v) is 26.1. The minimum atomic E-state index is -0.883. The van der Waals surface area contributed by atoms with Gasteiger partial charge in [-0.3, -0.25) is 4.79 Å². The smallest absolute Gasteiger partial charge is 0.410 e. The molecule has 2 fully saturated rings. The fourth-order valence-corrected chi connectivity index (χ4v) is 10.3. The van der Waals surface area contributed by atoms with E-state index in [0.29, 0.717) is 82.1 Å². The van der Waals surface area contributed by atoms with E-state index in [1.807, 2.05) is 101 Å². The van der Waals surface area contributed by atoms with Gasteiger partial charge in [0.05, 0.1) is 24.5 Å². The molecule has 386 valence electrons. The molecule has 0 radical (unpaired) electrons. The number of imidazole rings is 2. The summed E-state index contributed by atoms with van der Waals surface area (Å²) in [5.41, 5.74) is 3.09. The molecule has 9 aromatic rings. The molecule has 0 aliphatic carbocycles. The molecule has 74 heavy (non-hydrogen) atoms. The van der Waals surface area contributed by atoms with Crippen molar-refractivity contribution in [3.8, 4) is 34.7 Å². The van der Waals surface area contributed by atoms with E-state index in [0.717, 1.165) is 45.6 Å². The summed E-state index contributed by atoms with van der Waals surface area (Å²) in [6.07, 6.45) is 6.06. The summed E-state index contributed by atoms with van der Waals surface area (Å²) in [5, 5.41) is 13.4. The molecule has 22 heteroatoms. The summed E-state index contributed by atoms with van der Waals surface area (Å²) >= 11 is 3.00. The number of para-hydroxylation sites is 2. The summed E-state index contributed by atoms with van der Waals surface area (Å²) < 4.78 is 38.8. The predicted octanol–water partition coefficient (Wildman–Crippen LogP) is 10.2. The Balaban J connectivity index is 0.000000175. The van der Waals surface area contributed by atoms with Crippen molar-refractivity contribution in [1.82, 2.24) is 54.3 Å². The minimum Gasteiger partial charge on any atom is -0.489 e. The summed E-state index contributed by atoms with van der Waals surface area (Å²) in [6, 6.07) is 19.2. The van der Waals surface area contributed by atoms with E-state index >= 15 is 0 Å². The topological polar surface area (TPSA) is 219 Å². The molecule has 11 rings (SSSR count). The van der Waals surface area contributed by atoms with Gasteiger partial charge in [0.15, 0.2) is 22.2 Å². The number of alkyl carbamates (subject to hydrolysis) is 1. The summed E-state index contributed by atoms with van der Waals surface area (Å²) in [5.74, 6) is 1.77. The summed E-state index contributed by atoms with van der Waals surface area (Å²) in [4.78, 5) is 62.6. The Bertz CT molecular complexity index is 3410. The number of fused-ring (bicyclic) bond motifs is 4. The fraction of sp³-hybridized carbons (Fsp3) is 0.404. The van der Waals surface area contributed by atoms with E-state index in [1.165, 1.54) is 22.7 Å². The third-order valence-corrected chi connectivity index (χ3v) is 13.7. The summed E-state index contributed by atoms with van der Waals surface area (Å²) in [7, 11) is 0. The molecule has 8 heterocycles. The van der Waals surface area contributed by atoms with E-state index in [9.17, 15) is 14.4 Å². The Morgan fingerprint density at radius 2 is 1.16 bits per heavy atom. The normalized spacial score (nSPS) is 16.5. The van der Waals surface area contributed by atoms with Crippen LogP contribution in [0, 0.1) is 13.8 Å². The Morgan fingerprint density at radius 3 is 1.66 bits per heavy atom. The largest absolute Gasteiger partial charge is 0.489 e. The number of rotatable bonds is 11. The van der Waals surface area contributed by atoms with Crippen molar-refractivity contribution < 1.29 is 42.2 Å². The van der Waals surface area contributed by atoms with Gasteiger partial charge in [0.2, 0.25) is 27.6 Å². The second-order valence-electron chi connectivity index (χ2n) is 20.1. The van der Waals surface area contributed by atoms with E-state index in [4.69, 9.17) is 27.8 Å². The van der Waals surface area contributed by atoms with Crippen molar-refractivity contribution in [3.63, 3.8) is 0 Å². The molecule has 2 aliphatic rings. The Labute approximate surface area is 433 Å². The number of aromatic nitrogens is 8. The number of carbonyl (C=O) groups excluding carboxylic acids is 3. The second-order valence-corrected chi connectivity index (χ2v) is 22.4. The number of nitrogens with zero attached hydrogens (tertiary/aromatic N) is 10. The van der Waals surface area contributed by atoms with E-state index in [-0.39, 0.29) is 30.7 Å². The highest BCUT2D eigenvalue weighted by molar-refractivity contribution is 7.16. The number of amides is 3. The van der Waals surface area contributed by atoms with Gasteiger partial charge in [-0.15, -0.1) is 0 Å². The lowest BCUT2D eigenvalue weighted by Crippen LogP contribution is -2.47. The van der Waals surface area contributed by atoms with Gasteiger partial charge >= 0.3 is 12.2 Å². The number of hydrogen-bond acceptors (Lipinski definition) is 17. The number of hydrogen-bond donors (Lipinski definition) is 1. The first-order valence-electron chi connectivity index (χ1n) is 24.5. The van der Waals surface area contributed by atoms with Crippen LogP contribution in [-0.2, 0) is 14.3 Å². The van der Waals surface area contributed by atoms with Crippen molar-refractivity contribution in [3.05, 3.63) is 94.7 Å². The first-order chi connectivity index (χ1) is 35.4. The van der Waals surface area contributed by atoms with Crippen LogP contribution < -0.4 is 14.8 Å². The predicted molar refractivity (Wildman–Crippen MR) is 277 cm³/mol. The lowest BCUT2D eigenvalue weighted by molar-refractivity contribution is -0.135. The van der Waals surface area contributed by atoms with Gasteiger partial charge in [-0.2, -0.15) is 10.2 Å². The lowest BCUT2D eigenvalue weighted by Gasteiger charge is -2.30. The van der Waals surface area contributed by atoms with Crippen LogP contribution in [0.1, 0.15) is 88.8 Å². The average molecular weight is 1040 g/mol. The van der Waals surface area contributed by atoms with Crippen molar-refractivity contribution in [2.45, 2.75) is 110 Å². The number of aryl methyl sites for hydroxylation is 2. The highest BCUT2D eigenvalue weighted by Gasteiger charge is 2.37. The van der Waals surface area contributed by atoms with Gasteiger partial charge in [-0.25, -0.2) is 38.6 Å². The standard InChI is InChI=1S/C30H32N6O5S.C22H25N5O4S/c1-18-34-36-16-21(31-28(36)42-18)26-32-25-22(13-8-14-23(25)40-26)39-17-20-12-9-15-35(20)27(37)24(19-10-6-5-7-11-19)33-29(38)41-30(2,3)4;1-13-25-27-11-15(23-20(27)32-13)19-24-18-16(8-5-9-17(18)30-19)29-12-14-7-6-10-26(14)21(28)31-22(2,3)4/h5-8,10-11,13-14,16,20,24H,9,12,15,17H2,1-4H3,(H,33,38);5,8-9,11,14H,6-7,10,12H2,1-4H3/t20-,24-;14-/m11/s1. The number of carbonyl (C=O) groups is 3. The first kappa shape index (κ1) is 50.0. The molecule has 0 unspecified atom stereocenters. The number of ether oxygens (including phenoxy) is 4. The van der Waals surface area contributed by atoms with Crippen LogP contribution in [0.2, 0.25) is 0 Å². The van der Waals surface area contributed by atoms with Crippen LogP contribution in [0.15, 0.2) is 88.0 Å². The van der Waals surface area contributed by atoms with Crippen molar-refractivity contribution in [2.24, 2.45) is 0 Å². The van der Waals surface area contributed by atoms with Gasteiger partial charge in [0.25, 0.3) is 0 Å². The molecule has 3 atom stereocenters. The van der Waals surface area contributed by atoms with Crippen molar-refractivity contribution in [1.29, 1.82) is 0 Å². The van der Waals surface area contributed by atoms with Crippen LogP contribution in [0.3, 0.4) is 0 Å². The monoisotopic (exact) mass is 1040 g/mol. The van der Waals surface area contributed by atoms with Gasteiger partial charge in [0.1, 0.15) is 63.4 Å². The molecule has 3 amide bonds. The third-order valence-electron chi connectivity index (χ3n) is 12.1. The molecule has 6 aromatic heterocycles.